The Hall–Kier alpha value is -1.50. The van der Waals surface area contributed by atoms with Crippen molar-refractivity contribution in [3.8, 4) is 0 Å². The molecule has 2 aliphatic rings. The lowest BCUT2D eigenvalue weighted by Crippen LogP contribution is -2.51. The van der Waals surface area contributed by atoms with E-state index < -0.39 is 5.97 Å². The minimum atomic E-state index is -0.748. The maximum absolute atomic E-state index is 11.0. The van der Waals surface area contributed by atoms with Crippen LogP contribution in [0.15, 0.2) is 24.4 Å². The Kier molecular flexibility index (Phi) is 5.25. The molecule has 3 heterocycles. The second-order valence-electron chi connectivity index (χ2n) is 6.79. The summed E-state index contributed by atoms with van der Waals surface area (Å²) in [4.78, 5) is 19.9. The van der Waals surface area contributed by atoms with Gasteiger partial charge in [0.1, 0.15) is 0 Å². The van der Waals surface area contributed by atoms with Crippen molar-refractivity contribution in [1.82, 2.24) is 14.8 Å². The van der Waals surface area contributed by atoms with Crippen molar-refractivity contribution in [2.75, 3.05) is 45.9 Å². The van der Waals surface area contributed by atoms with Gasteiger partial charge in [-0.05, 0) is 31.5 Å². The van der Waals surface area contributed by atoms with Crippen LogP contribution in [0.5, 0.6) is 0 Å². The van der Waals surface area contributed by atoms with E-state index >= 15 is 0 Å². The number of pyridine rings is 1. The molecular weight excluding hydrogens is 294 g/mol. The van der Waals surface area contributed by atoms with E-state index in [9.17, 15) is 4.79 Å². The second kappa shape index (κ2) is 7.38. The number of hydrogen-bond acceptors (Lipinski definition) is 5. The van der Waals surface area contributed by atoms with E-state index in [0.717, 1.165) is 64.5 Å². The van der Waals surface area contributed by atoms with E-state index in [2.05, 4.69) is 20.9 Å². The van der Waals surface area contributed by atoms with Gasteiger partial charge in [0.05, 0.1) is 25.5 Å². The summed E-state index contributed by atoms with van der Waals surface area (Å²) in [6.07, 6.45) is 3.96. The van der Waals surface area contributed by atoms with Crippen molar-refractivity contribution in [2.45, 2.75) is 19.4 Å². The van der Waals surface area contributed by atoms with Gasteiger partial charge in [0.15, 0.2) is 0 Å². The fourth-order valence-electron chi connectivity index (χ4n) is 3.82. The van der Waals surface area contributed by atoms with Gasteiger partial charge in [0.2, 0.25) is 0 Å². The maximum atomic E-state index is 11.0. The van der Waals surface area contributed by atoms with Gasteiger partial charge in [0.25, 0.3) is 0 Å². The first-order chi connectivity index (χ1) is 11.2. The number of nitrogens with zero attached hydrogens (tertiary/aromatic N) is 3. The number of hydrogen-bond donors (Lipinski definition) is 1. The third-order valence-corrected chi connectivity index (χ3v) is 4.73. The van der Waals surface area contributed by atoms with Crippen LogP contribution < -0.4 is 0 Å². The normalized spacial score (nSPS) is 27.0. The standard InChI is InChI=1S/C17H25N3O3/c21-16(22)11-19-7-3-5-17(12-19)13-20(8-9-23-14-17)10-15-4-1-2-6-18-15/h1-2,4,6H,3,5,7-14H2,(H,21,22). The van der Waals surface area contributed by atoms with Crippen molar-refractivity contribution in [1.29, 1.82) is 0 Å². The number of carbonyl (C=O) groups is 1. The molecule has 23 heavy (non-hydrogen) atoms. The van der Waals surface area contributed by atoms with Crippen LogP contribution in [-0.2, 0) is 16.1 Å². The fraction of sp³-hybridized carbons (Fsp3) is 0.647. The van der Waals surface area contributed by atoms with Crippen LogP contribution in [0.2, 0.25) is 0 Å². The van der Waals surface area contributed by atoms with Crippen molar-refractivity contribution in [3.63, 3.8) is 0 Å². The SMILES string of the molecule is O=C(O)CN1CCCC2(COCCN(Cc3ccccn3)C2)C1. The van der Waals surface area contributed by atoms with Gasteiger partial charge in [-0.15, -0.1) is 0 Å². The number of aromatic nitrogens is 1. The fourth-order valence-corrected chi connectivity index (χ4v) is 3.82. The molecule has 1 aromatic heterocycles. The molecule has 0 amide bonds. The minimum Gasteiger partial charge on any atom is -0.480 e. The zero-order valence-electron chi connectivity index (χ0n) is 13.5. The zero-order chi connectivity index (χ0) is 16.1. The number of carboxylic acids is 1. The summed E-state index contributed by atoms with van der Waals surface area (Å²) < 4.78 is 5.87. The highest BCUT2D eigenvalue weighted by molar-refractivity contribution is 5.69. The van der Waals surface area contributed by atoms with Crippen LogP contribution in [0.4, 0.5) is 0 Å². The molecule has 2 saturated heterocycles. The smallest absolute Gasteiger partial charge is 0.317 e. The Labute approximate surface area is 137 Å². The summed E-state index contributed by atoms with van der Waals surface area (Å²) in [6, 6.07) is 6.00. The van der Waals surface area contributed by atoms with Gasteiger partial charge in [-0.3, -0.25) is 19.6 Å². The number of ether oxygens (including phenoxy) is 1. The number of rotatable bonds is 4. The molecule has 1 unspecified atom stereocenters. The van der Waals surface area contributed by atoms with E-state index in [0.29, 0.717) is 0 Å². The van der Waals surface area contributed by atoms with E-state index in [-0.39, 0.29) is 12.0 Å². The van der Waals surface area contributed by atoms with Gasteiger partial charge in [-0.25, -0.2) is 0 Å². The van der Waals surface area contributed by atoms with Crippen LogP contribution in [0.3, 0.4) is 0 Å². The molecule has 1 N–H and O–H groups in total. The van der Waals surface area contributed by atoms with E-state index in [1.807, 2.05) is 18.3 Å². The summed E-state index contributed by atoms with van der Waals surface area (Å²) in [5.41, 5.74) is 1.11. The van der Waals surface area contributed by atoms with Crippen molar-refractivity contribution >= 4 is 5.97 Å². The molecule has 0 aromatic carbocycles. The summed E-state index contributed by atoms with van der Waals surface area (Å²) in [6.45, 7) is 5.92. The van der Waals surface area contributed by atoms with Crippen molar-refractivity contribution in [2.24, 2.45) is 5.41 Å². The van der Waals surface area contributed by atoms with Crippen LogP contribution in [0, 0.1) is 5.41 Å². The van der Waals surface area contributed by atoms with Crippen LogP contribution in [0.1, 0.15) is 18.5 Å². The topological polar surface area (TPSA) is 65.9 Å². The highest BCUT2D eigenvalue weighted by Crippen LogP contribution is 2.33. The Morgan fingerprint density at radius 1 is 1.30 bits per heavy atom. The third kappa shape index (κ3) is 4.50. The van der Waals surface area contributed by atoms with Crippen LogP contribution in [0.25, 0.3) is 0 Å². The molecule has 1 aromatic rings. The molecule has 0 bridgehead atoms. The van der Waals surface area contributed by atoms with Gasteiger partial charge in [-0.1, -0.05) is 6.07 Å². The summed E-state index contributed by atoms with van der Waals surface area (Å²) in [7, 11) is 0. The molecule has 1 spiro atoms. The average Bonchev–Trinajstić information content (AvgIpc) is 2.70. The molecule has 126 valence electrons. The first-order valence-corrected chi connectivity index (χ1v) is 8.29. The van der Waals surface area contributed by atoms with Crippen LogP contribution >= 0.6 is 0 Å². The molecule has 0 aliphatic carbocycles. The number of carboxylic acid groups (broad SMARTS) is 1. The van der Waals surface area contributed by atoms with Gasteiger partial charge in [-0.2, -0.15) is 0 Å². The Balaban J connectivity index is 1.67. The lowest BCUT2D eigenvalue weighted by molar-refractivity contribution is -0.139. The number of aliphatic carboxylic acids is 1. The zero-order valence-corrected chi connectivity index (χ0v) is 13.5. The summed E-state index contributed by atoms with van der Waals surface area (Å²) in [5.74, 6) is -0.748. The average molecular weight is 319 g/mol. The monoisotopic (exact) mass is 319 g/mol. The quantitative estimate of drug-likeness (QED) is 0.896. The predicted octanol–water partition coefficient (Wildman–Crippen LogP) is 1.08. The molecule has 0 saturated carbocycles. The highest BCUT2D eigenvalue weighted by Gasteiger charge is 2.39. The Morgan fingerprint density at radius 3 is 2.96 bits per heavy atom. The molecule has 6 heteroatoms. The van der Waals surface area contributed by atoms with Crippen LogP contribution in [-0.4, -0.2) is 71.8 Å². The van der Waals surface area contributed by atoms with Gasteiger partial charge < -0.3 is 9.84 Å². The first kappa shape index (κ1) is 16.4. The first-order valence-electron chi connectivity index (χ1n) is 8.29. The lowest BCUT2D eigenvalue weighted by atomic mass is 9.80. The number of piperidine rings is 1. The van der Waals surface area contributed by atoms with E-state index in [1.165, 1.54) is 0 Å². The Morgan fingerprint density at radius 2 is 2.17 bits per heavy atom. The summed E-state index contributed by atoms with van der Waals surface area (Å²) >= 11 is 0. The lowest BCUT2D eigenvalue weighted by Gasteiger charge is -2.43. The summed E-state index contributed by atoms with van der Waals surface area (Å²) in [5, 5.41) is 9.06. The molecular formula is C17H25N3O3. The molecule has 6 nitrogen and oxygen atoms in total. The maximum Gasteiger partial charge on any atom is 0.317 e. The van der Waals surface area contributed by atoms with E-state index in [4.69, 9.17) is 9.84 Å². The number of likely N-dealkylation sites (tertiary alicyclic amines) is 1. The molecule has 3 rings (SSSR count). The second-order valence-corrected chi connectivity index (χ2v) is 6.79. The van der Waals surface area contributed by atoms with Crippen molar-refractivity contribution in [3.05, 3.63) is 30.1 Å². The molecule has 1 atom stereocenters. The molecule has 2 aliphatic heterocycles. The van der Waals surface area contributed by atoms with Crippen molar-refractivity contribution < 1.29 is 14.6 Å². The molecule has 0 radical (unpaired) electrons. The third-order valence-electron chi connectivity index (χ3n) is 4.73. The largest absolute Gasteiger partial charge is 0.480 e. The van der Waals surface area contributed by atoms with Gasteiger partial charge >= 0.3 is 5.97 Å². The van der Waals surface area contributed by atoms with E-state index in [1.54, 1.807) is 0 Å². The Bertz CT molecular complexity index is 525. The highest BCUT2D eigenvalue weighted by atomic mass is 16.5. The predicted molar refractivity (Wildman–Crippen MR) is 86.1 cm³/mol. The molecule has 2 fully saturated rings. The van der Waals surface area contributed by atoms with Gasteiger partial charge in [0, 0.05) is 37.8 Å². The minimum absolute atomic E-state index is 0.0407.